The first-order valence-electron chi connectivity index (χ1n) is 5.41. The number of aryl methyl sites for hydroxylation is 1. The van der Waals surface area contributed by atoms with Crippen LogP contribution in [0.25, 0.3) is 0 Å². The van der Waals surface area contributed by atoms with Gasteiger partial charge in [-0.1, -0.05) is 12.1 Å². The second kappa shape index (κ2) is 5.29. The zero-order valence-corrected chi connectivity index (χ0v) is 9.88. The number of anilines is 1. The minimum absolute atomic E-state index is 0.270. The van der Waals surface area contributed by atoms with Gasteiger partial charge in [0.25, 0.3) is 0 Å². The maximum Gasteiger partial charge on any atom is 0.347 e. The number of esters is 1. The molecule has 0 spiro atoms. The third-order valence-electron chi connectivity index (χ3n) is 2.39. The summed E-state index contributed by atoms with van der Waals surface area (Å²) in [4.78, 5) is 15.9. The molecule has 0 radical (unpaired) electrons. The first kappa shape index (κ1) is 12.1. The van der Waals surface area contributed by atoms with Crippen molar-refractivity contribution in [3.63, 3.8) is 0 Å². The van der Waals surface area contributed by atoms with E-state index in [2.05, 4.69) is 10.4 Å². The molecule has 3 N–H and O–H groups in total. The number of hydrogen-bond donors (Lipinski definition) is 2. The predicted molar refractivity (Wildman–Crippen MR) is 68.2 cm³/mol. The first-order valence-corrected chi connectivity index (χ1v) is 5.41. The molecule has 2 aromatic rings. The smallest absolute Gasteiger partial charge is 0.347 e. The normalized spacial score (nSPS) is 9.89. The van der Waals surface area contributed by atoms with E-state index in [0.717, 1.165) is 5.56 Å². The van der Waals surface area contributed by atoms with Crippen molar-refractivity contribution in [3.05, 3.63) is 53.7 Å². The van der Waals surface area contributed by atoms with Crippen LogP contribution in [0.2, 0.25) is 0 Å². The maximum atomic E-state index is 11.9. The predicted octanol–water partition coefficient (Wildman–Crippen LogP) is 1.89. The van der Waals surface area contributed by atoms with Gasteiger partial charge in [0.2, 0.25) is 5.88 Å². The number of carbonyl (C=O) groups is 1. The highest BCUT2D eigenvalue weighted by molar-refractivity contribution is 5.96. The number of aromatic nitrogens is 1. The molecule has 92 valence electrons. The molecular formula is C13H13N3O2. The van der Waals surface area contributed by atoms with Crippen molar-refractivity contribution in [3.8, 4) is 5.88 Å². The number of rotatable bonds is 3. The zero-order valence-electron chi connectivity index (χ0n) is 9.88. The topological polar surface area (TPSA) is 77.2 Å². The average Bonchev–Trinajstić information content (AvgIpc) is 2.38. The molecule has 0 aliphatic rings. The van der Waals surface area contributed by atoms with Crippen LogP contribution in [0.5, 0.6) is 5.88 Å². The molecule has 5 nitrogen and oxygen atoms in total. The van der Waals surface area contributed by atoms with Gasteiger partial charge in [0, 0.05) is 12.3 Å². The Hall–Kier alpha value is -2.40. The Morgan fingerprint density at radius 1 is 1.33 bits per heavy atom. The molecule has 1 aromatic carbocycles. The Bertz CT molecular complexity index is 570. The van der Waals surface area contributed by atoms with Crippen LogP contribution in [0.1, 0.15) is 15.9 Å². The third-order valence-corrected chi connectivity index (χ3v) is 2.39. The van der Waals surface area contributed by atoms with E-state index >= 15 is 0 Å². The minimum Gasteiger partial charge on any atom is -0.404 e. The van der Waals surface area contributed by atoms with Gasteiger partial charge in [-0.3, -0.25) is 5.84 Å². The molecule has 0 aliphatic carbocycles. The number of pyridine rings is 1. The molecule has 0 atom stereocenters. The second-order valence-corrected chi connectivity index (χ2v) is 3.75. The summed E-state index contributed by atoms with van der Waals surface area (Å²) in [5.74, 6) is 5.10. The van der Waals surface area contributed by atoms with Crippen molar-refractivity contribution in [2.45, 2.75) is 6.92 Å². The Labute approximate surface area is 105 Å². The number of nitrogens with one attached hydrogen (secondary N) is 1. The van der Waals surface area contributed by atoms with Crippen molar-refractivity contribution in [2.24, 2.45) is 5.84 Å². The van der Waals surface area contributed by atoms with Crippen LogP contribution >= 0.6 is 0 Å². The number of ether oxygens (including phenoxy) is 1. The monoisotopic (exact) mass is 243 g/mol. The molecule has 0 fully saturated rings. The van der Waals surface area contributed by atoms with Gasteiger partial charge in [0.15, 0.2) is 0 Å². The Morgan fingerprint density at radius 2 is 2.11 bits per heavy atom. The van der Waals surface area contributed by atoms with Crippen molar-refractivity contribution < 1.29 is 9.53 Å². The highest BCUT2D eigenvalue weighted by Crippen LogP contribution is 2.17. The van der Waals surface area contributed by atoms with Crippen molar-refractivity contribution in [2.75, 3.05) is 5.43 Å². The van der Waals surface area contributed by atoms with Crippen molar-refractivity contribution in [1.82, 2.24) is 4.98 Å². The number of benzene rings is 1. The van der Waals surface area contributed by atoms with Gasteiger partial charge in [0.1, 0.15) is 0 Å². The van der Waals surface area contributed by atoms with Gasteiger partial charge in [0.05, 0.1) is 11.3 Å². The molecule has 1 aromatic heterocycles. The third kappa shape index (κ3) is 2.64. The van der Waals surface area contributed by atoms with Crippen molar-refractivity contribution in [1.29, 1.82) is 0 Å². The molecule has 0 aliphatic heterocycles. The summed E-state index contributed by atoms with van der Waals surface area (Å²) in [6, 6.07) is 10.4. The van der Waals surface area contributed by atoms with E-state index in [1.807, 2.05) is 13.0 Å². The maximum absolute atomic E-state index is 11.9. The summed E-state index contributed by atoms with van der Waals surface area (Å²) in [7, 11) is 0. The summed E-state index contributed by atoms with van der Waals surface area (Å²) in [5, 5.41) is 0. The van der Waals surface area contributed by atoms with Crippen LogP contribution in [0.4, 0.5) is 5.69 Å². The largest absolute Gasteiger partial charge is 0.404 e. The zero-order chi connectivity index (χ0) is 13.0. The lowest BCUT2D eigenvalue weighted by Crippen LogP contribution is -2.15. The summed E-state index contributed by atoms with van der Waals surface area (Å²) >= 11 is 0. The number of nitrogen functional groups attached to an aromatic ring is 1. The minimum atomic E-state index is -0.498. The van der Waals surface area contributed by atoms with Crippen LogP contribution < -0.4 is 16.0 Å². The lowest BCUT2D eigenvalue weighted by Gasteiger charge is -2.08. The van der Waals surface area contributed by atoms with Gasteiger partial charge in [-0.25, -0.2) is 9.78 Å². The standard InChI is InChI=1S/C13H13N3O2/c1-9-6-7-15-12(8-9)18-13(17)10-4-2-3-5-11(10)16-14/h2-8,16H,14H2,1H3. The lowest BCUT2D eigenvalue weighted by atomic mass is 10.2. The van der Waals surface area contributed by atoms with E-state index in [9.17, 15) is 4.79 Å². The Balaban J connectivity index is 2.22. The van der Waals surface area contributed by atoms with E-state index in [0.29, 0.717) is 11.3 Å². The summed E-state index contributed by atoms with van der Waals surface area (Å²) < 4.78 is 5.18. The number of nitrogens with zero attached hydrogens (tertiary/aromatic N) is 1. The molecule has 1 heterocycles. The highest BCUT2D eigenvalue weighted by Gasteiger charge is 2.13. The highest BCUT2D eigenvalue weighted by atomic mass is 16.5. The van der Waals surface area contributed by atoms with Gasteiger partial charge in [-0.2, -0.15) is 0 Å². The molecule has 0 saturated carbocycles. The van der Waals surface area contributed by atoms with E-state index < -0.39 is 5.97 Å². The molecule has 0 unspecified atom stereocenters. The number of carbonyl (C=O) groups excluding carboxylic acids is 1. The SMILES string of the molecule is Cc1ccnc(OC(=O)c2ccccc2NN)c1. The summed E-state index contributed by atoms with van der Waals surface area (Å²) in [5.41, 5.74) is 4.30. The van der Waals surface area contributed by atoms with Gasteiger partial charge < -0.3 is 10.2 Å². The Kier molecular flexibility index (Phi) is 3.54. The molecule has 18 heavy (non-hydrogen) atoms. The van der Waals surface area contributed by atoms with Crippen molar-refractivity contribution >= 4 is 11.7 Å². The lowest BCUT2D eigenvalue weighted by molar-refractivity contribution is 0.0728. The second-order valence-electron chi connectivity index (χ2n) is 3.75. The van der Waals surface area contributed by atoms with E-state index in [1.165, 1.54) is 0 Å². The van der Waals surface area contributed by atoms with E-state index in [-0.39, 0.29) is 5.88 Å². The Morgan fingerprint density at radius 3 is 2.83 bits per heavy atom. The number of hydrogen-bond acceptors (Lipinski definition) is 5. The number of para-hydroxylation sites is 1. The molecule has 0 saturated heterocycles. The van der Waals surface area contributed by atoms with Crippen LogP contribution in [-0.2, 0) is 0 Å². The van der Waals surface area contributed by atoms with Gasteiger partial charge in [-0.05, 0) is 30.7 Å². The number of nitrogens with two attached hydrogens (primary N) is 1. The van der Waals surface area contributed by atoms with Crippen LogP contribution in [0.15, 0.2) is 42.6 Å². The fourth-order valence-electron chi connectivity index (χ4n) is 1.50. The van der Waals surface area contributed by atoms with Crippen LogP contribution in [0.3, 0.4) is 0 Å². The van der Waals surface area contributed by atoms with Crippen LogP contribution in [0, 0.1) is 6.92 Å². The molecule has 2 rings (SSSR count). The fraction of sp³-hybridized carbons (Fsp3) is 0.0769. The average molecular weight is 243 g/mol. The quantitative estimate of drug-likeness (QED) is 0.489. The fourth-order valence-corrected chi connectivity index (χ4v) is 1.50. The van der Waals surface area contributed by atoms with Gasteiger partial charge in [-0.15, -0.1) is 0 Å². The molecular weight excluding hydrogens is 230 g/mol. The van der Waals surface area contributed by atoms with Crippen LogP contribution in [-0.4, -0.2) is 11.0 Å². The van der Waals surface area contributed by atoms with Gasteiger partial charge >= 0.3 is 5.97 Å². The summed E-state index contributed by atoms with van der Waals surface area (Å²) in [6.45, 7) is 1.90. The first-order chi connectivity index (χ1) is 8.70. The molecule has 5 heteroatoms. The molecule has 0 amide bonds. The summed E-state index contributed by atoms with van der Waals surface area (Å²) in [6.07, 6.45) is 1.59. The van der Waals surface area contributed by atoms with E-state index in [1.54, 1.807) is 36.5 Å². The van der Waals surface area contributed by atoms with E-state index in [4.69, 9.17) is 10.6 Å². The number of hydrazine groups is 1. The molecule has 0 bridgehead atoms.